The topological polar surface area (TPSA) is 270 Å². The van der Waals surface area contributed by atoms with Gasteiger partial charge in [0.15, 0.2) is 11.6 Å². The number of carbonyl (C=O) groups is 4. The molecule has 6 N–H and O–H groups in total. The van der Waals surface area contributed by atoms with Crippen LogP contribution in [-0.2, 0) is 26.1 Å². The van der Waals surface area contributed by atoms with Gasteiger partial charge in [0.2, 0.25) is 10.7 Å². The van der Waals surface area contributed by atoms with Crippen LogP contribution < -0.4 is 63.0 Å². The molecule has 0 bridgehead atoms. The highest BCUT2D eigenvalue weighted by atomic mass is 35.5. The average molecular weight is 1320 g/mol. The number of halogens is 1. The van der Waals surface area contributed by atoms with Gasteiger partial charge in [-0.1, -0.05) is 66.7 Å². The number of aryl methyl sites for hydroxylation is 2. The van der Waals surface area contributed by atoms with Crippen molar-refractivity contribution in [1.82, 2.24) is 29.1 Å². The third-order valence-corrected chi connectivity index (χ3v) is 16.5. The second kappa shape index (κ2) is 29.7. The van der Waals surface area contributed by atoms with Gasteiger partial charge in [0, 0.05) is 133 Å². The number of carboxylic acid groups (broad SMARTS) is 2. The Hall–Kier alpha value is -11.8. The van der Waals surface area contributed by atoms with Crippen molar-refractivity contribution in [2.45, 2.75) is 38.9 Å². The quantitative estimate of drug-likeness (QED) is 0.0316. The minimum Gasteiger partial charge on any atom is -1.00 e. The van der Waals surface area contributed by atoms with Crippen molar-refractivity contribution in [3.63, 3.8) is 0 Å². The number of ether oxygens (including phenoxy) is 2. The van der Waals surface area contributed by atoms with Gasteiger partial charge in [-0.25, -0.2) is 28.7 Å². The van der Waals surface area contributed by atoms with E-state index in [4.69, 9.17) is 29.8 Å². The maximum Gasteiger partial charge on any atom is 0.336 e. The number of fused-ring (bicyclic) bond motifs is 4. The van der Waals surface area contributed by atoms with Crippen LogP contribution in [-0.4, -0.2) is 110 Å². The fourth-order valence-electron chi connectivity index (χ4n) is 11.2. The average Bonchev–Trinajstić information content (AvgIpc) is 0.772. The monoisotopic (exact) mass is 1320 g/mol. The van der Waals surface area contributed by atoms with Crippen LogP contribution in [0.3, 0.4) is 0 Å². The van der Waals surface area contributed by atoms with Gasteiger partial charge in [0.1, 0.15) is 75.7 Å². The molecule has 0 radical (unpaired) electrons. The second-order valence-corrected chi connectivity index (χ2v) is 24.0. The van der Waals surface area contributed by atoms with Gasteiger partial charge >= 0.3 is 24.0 Å². The van der Waals surface area contributed by atoms with E-state index < -0.39 is 11.9 Å². The summed E-state index contributed by atoms with van der Waals surface area (Å²) in [6, 6.07) is 52.4. The molecule has 492 valence electrons. The Kier molecular flexibility index (Phi) is 20.8. The van der Waals surface area contributed by atoms with Crippen LogP contribution in [0.25, 0.3) is 66.8 Å². The standard InChI is InChI=1S/2C38H35N5O5.ClH/c1-42(2)26-11-14-29-33(20-26)48-34-21-27(43(3)4)12-15-30(34)36(29)31-19-25(10-13-28(31)37(45)46)32(44)16-9-23-5-7-24(8-6-23)22-47-38-40-18-17-35(39)41-38;1-42(2)26-11-14-29-33(20-26)48-34-21-27(43(3)4)12-15-30(34)36(29)28-13-10-25(19-31(28)37(45)46)32(44)16-9-23-5-7-24(8-6-23)22-47-38-40-18-17-35(39)41-38;/h2*5-8,10-15,17-21H,9,16,22H2,1-4H3,(H2-,39,40,41,45,46);1H/p+1. The van der Waals surface area contributed by atoms with Crippen LogP contribution >= 0.6 is 0 Å². The highest BCUT2D eigenvalue weighted by Gasteiger charge is 2.26. The summed E-state index contributed by atoms with van der Waals surface area (Å²) in [4.78, 5) is 72.4. The molecule has 0 saturated heterocycles. The Balaban J connectivity index is 0.000000208. The SMILES string of the molecule is CN(C)c1ccc2c(-c3cc(C(=O)CCc4ccc(COc5nccc(N)n5)cc4)ccc3C(=O)O)c3ccc(=[N+](C)C)cc-3oc2c1.CN(C)c1ccc2c(-c3ccc(C(=O)CCc4ccc(COc5nccc(N)n5)cc4)cc3C(=O)O)c3ccc(=[N+](C)C)cc-3oc2c1.[Cl-]. The molecule has 21 heteroatoms. The summed E-state index contributed by atoms with van der Waals surface area (Å²) in [6.45, 7) is 0.561. The predicted molar refractivity (Wildman–Crippen MR) is 373 cm³/mol. The van der Waals surface area contributed by atoms with Crippen LogP contribution in [0.5, 0.6) is 12.0 Å². The van der Waals surface area contributed by atoms with Gasteiger partial charge in [-0.3, -0.25) is 9.59 Å². The summed E-state index contributed by atoms with van der Waals surface area (Å²) in [5, 5.41) is 24.1. The molecule has 0 fully saturated rings. The number of carbonyl (C=O) groups excluding carboxylic acids is 2. The summed E-state index contributed by atoms with van der Waals surface area (Å²) in [5.74, 6) is -0.500. The lowest BCUT2D eigenvalue weighted by Gasteiger charge is -2.19. The van der Waals surface area contributed by atoms with Gasteiger partial charge in [-0.15, -0.1) is 0 Å². The summed E-state index contributed by atoms with van der Waals surface area (Å²) in [6.07, 6.45) is 4.57. The highest BCUT2D eigenvalue weighted by molar-refractivity contribution is 6.11. The maximum atomic E-state index is 13.6. The number of carboxylic acids is 2. The first-order chi connectivity index (χ1) is 46.1. The summed E-state index contributed by atoms with van der Waals surface area (Å²) in [5.41, 5.74) is 23.2. The first-order valence-corrected chi connectivity index (χ1v) is 30.9. The normalized spacial score (nSPS) is 11.0. The molecule has 0 amide bonds. The number of nitrogen functional groups attached to an aromatic ring is 2. The molecule has 8 aromatic rings. The molecule has 4 aliphatic rings. The fraction of sp³-hybridized carbons (Fsp3) is 0.184. The highest BCUT2D eigenvalue weighted by Crippen LogP contribution is 2.44. The summed E-state index contributed by atoms with van der Waals surface area (Å²) < 4.78 is 28.0. The fourth-order valence-corrected chi connectivity index (χ4v) is 11.2. The minimum absolute atomic E-state index is 0. The van der Waals surface area contributed by atoms with Crippen molar-refractivity contribution in [3.8, 4) is 56.9 Å². The van der Waals surface area contributed by atoms with Gasteiger partial charge in [0.05, 0.1) is 23.3 Å². The number of aromatic carboxylic acids is 2. The Morgan fingerprint density at radius 1 is 0.464 bits per heavy atom. The Morgan fingerprint density at radius 3 is 1.30 bits per heavy atom. The lowest BCUT2D eigenvalue weighted by Crippen LogP contribution is -3.00. The van der Waals surface area contributed by atoms with E-state index in [0.29, 0.717) is 75.0 Å². The maximum absolute atomic E-state index is 13.6. The number of nitrogens with zero attached hydrogens (tertiary/aromatic N) is 8. The Morgan fingerprint density at radius 2 is 0.876 bits per heavy atom. The van der Waals surface area contributed by atoms with Crippen molar-refractivity contribution in [2.75, 3.05) is 77.6 Å². The van der Waals surface area contributed by atoms with Crippen molar-refractivity contribution >= 4 is 68.5 Å². The smallest absolute Gasteiger partial charge is 0.336 e. The lowest BCUT2D eigenvalue weighted by atomic mass is 9.88. The molecule has 0 atom stereocenters. The number of hydrogen-bond donors (Lipinski definition) is 4. The molecule has 6 aromatic carbocycles. The molecule has 0 saturated carbocycles. The molecule has 0 unspecified atom stereocenters. The molecule has 2 aliphatic heterocycles. The second-order valence-electron chi connectivity index (χ2n) is 24.0. The van der Waals surface area contributed by atoms with Gasteiger partial charge < -0.3 is 62.2 Å². The van der Waals surface area contributed by atoms with E-state index in [2.05, 4.69) is 19.9 Å². The summed E-state index contributed by atoms with van der Waals surface area (Å²) >= 11 is 0. The molecule has 2 aliphatic carbocycles. The van der Waals surface area contributed by atoms with Crippen molar-refractivity contribution in [2.24, 2.45) is 0 Å². The minimum atomic E-state index is -1.11. The van der Waals surface area contributed by atoms with E-state index in [1.165, 1.54) is 24.5 Å². The third kappa shape index (κ3) is 15.7. The molecular weight excluding hydrogens is 1250 g/mol. The predicted octanol–water partition coefficient (Wildman–Crippen LogP) is 8.54. The number of ketones is 2. The van der Waals surface area contributed by atoms with E-state index in [-0.39, 0.29) is 73.2 Å². The van der Waals surface area contributed by atoms with E-state index in [9.17, 15) is 29.4 Å². The van der Waals surface area contributed by atoms with Gasteiger partial charge in [-0.2, -0.15) is 9.97 Å². The molecule has 2 aromatic heterocycles. The third-order valence-electron chi connectivity index (χ3n) is 16.5. The molecule has 12 rings (SSSR count). The number of anilines is 4. The number of Topliss-reactive ketones (excluding diaryl/α,β-unsaturated/α-hetero) is 2. The van der Waals surface area contributed by atoms with E-state index in [1.54, 1.807) is 36.4 Å². The zero-order valence-corrected chi connectivity index (χ0v) is 55.6. The zero-order valence-electron chi connectivity index (χ0n) is 54.8. The summed E-state index contributed by atoms with van der Waals surface area (Å²) in [7, 11) is 15.6. The van der Waals surface area contributed by atoms with E-state index >= 15 is 0 Å². The van der Waals surface area contributed by atoms with Crippen LogP contribution in [0, 0.1) is 0 Å². The molecule has 20 nitrogen and oxygen atoms in total. The Labute approximate surface area is 565 Å². The van der Waals surface area contributed by atoms with Gasteiger partial charge in [-0.05, 0) is 113 Å². The first kappa shape index (κ1) is 68.1. The van der Waals surface area contributed by atoms with Crippen molar-refractivity contribution in [3.05, 3.63) is 237 Å². The number of nitrogens with two attached hydrogens (primary N) is 2. The van der Waals surface area contributed by atoms with Crippen molar-refractivity contribution < 1.29 is 60.1 Å². The Bertz CT molecular complexity index is 5040. The van der Waals surface area contributed by atoms with Crippen LogP contribution in [0.15, 0.2) is 191 Å². The van der Waals surface area contributed by atoms with E-state index in [1.807, 2.05) is 197 Å². The lowest BCUT2D eigenvalue weighted by molar-refractivity contribution is -0.0000654. The molecular formula is C76H72ClN10O10+. The van der Waals surface area contributed by atoms with Crippen LogP contribution in [0.1, 0.15) is 76.5 Å². The van der Waals surface area contributed by atoms with E-state index in [0.717, 1.165) is 71.8 Å². The molecule has 97 heavy (non-hydrogen) atoms. The zero-order chi connectivity index (χ0) is 67.9. The van der Waals surface area contributed by atoms with Crippen LogP contribution in [0.2, 0.25) is 0 Å². The van der Waals surface area contributed by atoms with Crippen molar-refractivity contribution in [1.29, 1.82) is 0 Å². The number of rotatable bonds is 20. The number of aromatic nitrogens is 4. The number of hydrogen-bond acceptors (Lipinski definition) is 16. The molecule has 0 spiro atoms. The largest absolute Gasteiger partial charge is 1.00 e. The first-order valence-electron chi connectivity index (χ1n) is 30.9. The van der Waals surface area contributed by atoms with Crippen LogP contribution in [0.4, 0.5) is 23.0 Å². The molecule has 4 heterocycles. The van der Waals surface area contributed by atoms with Gasteiger partial charge in [0.25, 0.3) is 0 Å². The number of benzene rings is 8.